The van der Waals surface area contributed by atoms with Crippen LogP contribution in [-0.2, 0) is 0 Å². The molecule has 5 heteroatoms. The van der Waals surface area contributed by atoms with Crippen LogP contribution in [0.1, 0.15) is 15.4 Å². The zero-order chi connectivity index (χ0) is 17.4. The van der Waals surface area contributed by atoms with Gasteiger partial charge in [0.05, 0.1) is 12.8 Å². The third-order valence-corrected chi connectivity index (χ3v) is 5.16. The molecule has 25 heavy (non-hydrogen) atoms. The number of hydrogen-bond acceptors (Lipinski definition) is 4. The highest BCUT2D eigenvalue weighted by Crippen LogP contribution is 2.36. The molecular weight excluding hydrogens is 332 g/mol. The predicted molar refractivity (Wildman–Crippen MR) is 101 cm³/mol. The monoisotopic (exact) mass is 348 g/mol. The lowest BCUT2D eigenvalue weighted by Gasteiger charge is -2.06. The zero-order valence-electron chi connectivity index (χ0n) is 13.9. The summed E-state index contributed by atoms with van der Waals surface area (Å²) < 4.78 is 7.19. The first-order chi connectivity index (χ1) is 12.2. The van der Waals surface area contributed by atoms with Gasteiger partial charge in [0, 0.05) is 10.4 Å². The van der Waals surface area contributed by atoms with Crippen molar-refractivity contribution in [3.8, 4) is 28.3 Å². The van der Waals surface area contributed by atoms with E-state index < -0.39 is 0 Å². The summed E-state index contributed by atoms with van der Waals surface area (Å²) in [6.07, 6.45) is 0.890. The Labute approximate surface area is 149 Å². The summed E-state index contributed by atoms with van der Waals surface area (Å²) in [6.45, 7) is 2.05. The number of thiazole rings is 1. The lowest BCUT2D eigenvalue weighted by Crippen LogP contribution is -1.95. The first kappa shape index (κ1) is 15.6. The molecule has 2 aromatic heterocycles. The molecular formula is C20H16N2O2S. The first-order valence-corrected chi connectivity index (χ1v) is 8.71. The van der Waals surface area contributed by atoms with Gasteiger partial charge in [-0.15, -0.1) is 11.3 Å². The van der Waals surface area contributed by atoms with E-state index in [-0.39, 0.29) is 0 Å². The molecule has 0 amide bonds. The van der Waals surface area contributed by atoms with Crippen molar-refractivity contribution in [1.82, 2.24) is 9.38 Å². The number of rotatable bonds is 4. The smallest absolute Gasteiger partial charge is 0.195 e. The number of aromatic nitrogens is 2. The number of fused-ring (bicyclic) bond motifs is 1. The Balaban J connectivity index is 1.97. The minimum absolute atomic E-state index is 0.580. The molecule has 0 saturated carbocycles. The van der Waals surface area contributed by atoms with Crippen molar-refractivity contribution in [3.05, 3.63) is 65.2 Å². The fourth-order valence-corrected chi connectivity index (χ4v) is 4.03. The minimum Gasteiger partial charge on any atom is -0.497 e. The van der Waals surface area contributed by atoms with Crippen LogP contribution >= 0.6 is 11.3 Å². The Morgan fingerprint density at radius 1 is 1.04 bits per heavy atom. The lowest BCUT2D eigenvalue weighted by molar-refractivity contribution is 0.111. The van der Waals surface area contributed by atoms with Gasteiger partial charge >= 0.3 is 0 Å². The maximum atomic E-state index is 11.9. The van der Waals surface area contributed by atoms with Crippen LogP contribution in [0.4, 0.5) is 0 Å². The van der Waals surface area contributed by atoms with Gasteiger partial charge in [0.25, 0.3) is 0 Å². The summed E-state index contributed by atoms with van der Waals surface area (Å²) >= 11 is 1.59. The van der Waals surface area contributed by atoms with Gasteiger partial charge in [0.1, 0.15) is 17.1 Å². The van der Waals surface area contributed by atoms with Crippen LogP contribution < -0.4 is 4.74 Å². The van der Waals surface area contributed by atoms with Crippen LogP contribution in [0.15, 0.2) is 54.6 Å². The first-order valence-electron chi connectivity index (χ1n) is 7.90. The molecule has 0 bridgehead atoms. The number of aldehydes is 1. The average Bonchev–Trinajstić information content (AvgIpc) is 3.16. The second kappa shape index (κ2) is 6.18. The summed E-state index contributed by atoms with van der Waals surface area (Å²) in [5.41, 5.74) is 4.27. The summed E-state index contributed by atoms with van der Waals surface area (Å²) in [5, 5.41) is 0. The van der Waals surface area contributed by atoms with Gasteiger partial charge in [0.15, 0.2) is 11.2 Å². The number of benzene rings is 2. The quantitative estimate of drug-likeness (QED) is 0.495. The van der Waals surface area contributed by atoms with Crippen LogP contribution in [0.5, 0.6) is 5.75 Å². The molecule has 4 aromatic rings. The number of carbonyl (C=O) groups is 1. The molecule has 0 aliphatic carbocycles. The Bertz CT molecular complexity index is 1050. The van der Waals surface area contributed by atoms with Gasteiger partial charge in [-0.25, -0.2) is 4.98 Å². The standard InChI is InChI=1S/C20H16N2O2S/c1-13-19(15-8-10-16(24-2)11-9-15)22-17(12-23)18(21-20(22)25-13)14-6-4-3-5-7-14/h3-12H,1-2H3. The summed E-state index contributed by atoms with van der Waals surface area (Å²) in [7, 11) is 1.65. The summed E-state index contributed by atoms with van der Waals surface area (Å²) in [5.74, 6) is 0.805. The Kier molecular flexibility index (Phi) is 3.86. The van der Waals surface area contributed by atoms with Crippen LogP contribution in [0.2, 0.25) is 0 Å². The maximum Gasteiger partial charge on any atom is 0.195 e. The van der Waals surface area contributed by atoms with E-state index >= 15 is 0 Å². The highest BCUT2D eigenvalue weighted by atomic mass is 32.1. The van der Waals surface area contributed by atoms with E-state index in [1.807, 2.05) is 59.0 Å². The number of carbonyl (C=O) groups excluding carboxylic acids is 1. The van der Waals surface area contributed by atoms with Crippen LogP contribution in [-0.4, -0.2) is 22.8 Å². The SMILES string of the molecule is COc1ccc(-c2c(C)sc3nc(-c4ccccc4)c(C=O)n23)cc1. The Morgan fingerprint density at radius 3 is 2.40 bits per heavy atom. The second-order valence-corrected chi connectivity index (χ2v) is 6.86. The average molecular weight is 348 g/mol. The molecule has 4 rings (SSSR count). The molecule has 0 aliphatic heterocycles. The molecule has 4 nitrogen and oxygen atoms in total. The molecule has 0 atom stereocenters. The number of hydrogen-bond donors (Lipinski definition) is 0. The number of ether oxygens (including phenoxy) is 1. The molecule has 2 aromatic carbocycles. The highest BCUT2D eigenvalue weighted by molar-refractivity contribution is 7.17. The van der Waals surface area contributed by atoms with Crippen molar-refractivity contribution >= 4 is 22.6 Å². The fraction of sp³-hybridized carbons (Fsp3) is 0.100. The Hall–Kier alpha value is -2.92. The minimum atomic E-state index is 0.580. The second-order valence-electron chi connectivity index (χ2n) is 5.68. The fourth-order valence-electron chi connectivity index (χ4n) is 3.04. The number of aryl methyl sites for hydroxylation is 1. The lowest BCUT2D eigenvalue weighted by atomic mass is 10.1. The van der Waals surface area contributed by atoms with E-state index in [0.717, 1.165) is 44.4 Å². The maximum absolute atomic E-state index is 11.9. The van der Waals surface area contributed by atoms with E-state index in [1.165, 1.54) is 0 Å². The van der Waals surface area contributed by atoms with Crippen LogP contribution in [0.25, 0.3) is 27.5 Å². The van der Waals surface area contributed by atoms with E-state index in [2.05, 4.69) is 6.92 Å². The van der Waals surface area contributed by atoms with Gasteiger partial charge in [-0.3, -0.25) is 9.20 Å². The van der Waals surface area contributed by atoms with E-state index in [4.69, 9.17) is 9.72 Å². The van der Waals surface area contributed by atoms with Crippen molar-refractivity contribution in [2.24, 2.45) is 0 Å². The molecule has 0 unspecified atom stereocenters. The molecule has 0 N–H and O–H groups in total. The predicted octanol–water partition coefficient (Wildman–Crippen LogP) is 4.86. The van der Waals surface area contributed by atoms with E-state index in [1.54, 1.807) is 18.4 Å². The van der Waals surface area contributed by atoms with Crippen LogP contribution in [0.3, 0.4) is 0 Å². The number of nitrogens with zero attached hydrogens (tertiary/aromatic N) is 2. The van der Waals surface area contributed by atoms with Gasteiger partial charge < -0.3 is 4.74 Å². The van der Waals surface area contributed by atoms with Crippen molar-refractivity contribution in [1.29, 1.82) is 0 Å². The number of imidazole rings is 1. The summed E-state index contributed by atoms with van der Waals surface area (Å²) in [4.78, 5) is 18.6. The van der Waals surface area contributed by atoms with Gasteiger partial charge in [-0.2, -0.15) is 0 Å². The van der Waals surface area contributed by atoms with Crippen molar-refractivity contribution in [3.63, 3.8) is 0 Å². The third-order valence-electron chi connectivity index (χ3n) is 4.21. The van der Waals surface area contributed by atoms with Crippen molar-refractivity contribution in [2.75, 3.05) is 7.11 Å². The molecule has 0 spiro atoms. The normalized spacial score (nSPS) is 11.0. The highest BCUT2D eigenvalue weighted by Gasteiger charge is 2.20. The molecule has 0 fully saturated rings. The van der Waals surface area contributed by atoms with Gasteiger partial charge in [-0.1, -0.05) is 30.3 Å². The van der Waals surface area contributed by atoms with E-state index in [9.17, 15) is 4.79 Å². The molecule has 2 heterocycles. The van der Waals surface area contributed by atoms with Crippen molar-refractivity contribution < 1.29 is 9.53 Å². The van der Waals surface area contributed by atoms with Gasteiger partial charge in [0.2, 0.25) is 0 Å². The summed E-state index contributed by atoms with van der Waals surface area (Å²) in [6, 6.07) is 17.7. The van der Waals surface area contributed by atoms with Crippen LogP contribution in [0, 0.1) is 6.92 Å². The topological polar surface area (TPSA) is 43.6 Å². The molecule has 0 saturated heterocycles. The van der Waals surface area contributed by atoms with E-state index in [0.29, 0.717) is 5.69 Å². The largest absolute Gasteiger partial charge is 0.497 e. The molecule has 124 valence electrons. The number of methoxy groups -OCH3 is 1. The van der Waals surface area contributed by atoms with Crippen molar-refractivity contribution in [2.45, 2.75) is 6.92 Å². The molecule has 0 aliphatic rings. The third kappa shape index (κ3) is 2.53. The van der Waals surface area contributed by atoms with Gasteiger partial charge in [-0.05, 0) is 36.8 Å². The molecule has 0 radical (unpaired) electrons. The Morgan fingerprint density at radius 2 is 1.76 bits per heavy atom. The zero-order valence-corrected chi connectivity index (χ0v) is 14.7.